The fraction of sp³-hybridized carbons (Fsp3) is 0.312. The molecular formula is C32H37N5O2S. The highest BCUT2D eigenvalue weighted by Crippen LogP contribution is 2.35. The van der Waals surface area contributed by atoms with Gasteiger partial charge in [0.25, 0.3) is 5.91 Å². The zero-order valence-electron chi connectivity index (χ0n) is 22.9. The molecule has 0 bridgehead atoms. The first-order chi connectivity index (χ1) is 19.4. The molecule has 8 heteroatoms. The summed E-state index contributed by atoms with van der Waals surface area (Å²) in [5.41, 5.74) is 18.7. The molecule has 0 unspecified atom stereocenters. The van der Waals surface area contributed by atoms with Gasteiger partial charge in [-0.1, -0.05) is 55.5 Å². The van der Waals surface area contributed by atoms with Gasteiger partial charge in [-0.05, 0) is 64.9 Å². The number of nitrogens with zero attached hydrogens (tertiary/aromatic N) is 3. The van der Waals surface area contributed by atoms with Crippen molar-refractivity contribution in [3.63, 3.8) is 0 Å². The van der Waals surface area contributed by atoms with Gasteiger partial charge in [0.2, 0.25) is 0 Å². The van der Waals surface area contributed by atoms with Crippen LogP contribution in [0.4, 0.5) is 5.69 Å². The van der Waals surface area contributed by atoms with Gasteiger partial charge in [-0.15, -0.1) is 0 Å². The highest BCUT2D eigenvalue weighted by atomic mass is 32.2. The first-order valence-corrected chi connectivity index (χ1v) is 14.6. The molecule has 1 fully saturated rings. The molecule has 208 valence electrons. The van der Waals surface area contributed by atoms with Crippen LogP contribution >= 0.6 is 11.9 Å². The van der Waals surface area contributed by atoms with Crippen LogP contribution in [0.1, 0.15) is 36.5 Å². The number of hydrogen-bond donors (Lipinski definition) is 3. The van der Waals surface area contributed by atoms with Crippen molar-refractivity contribution in [3.05, 3.63) is 89.0 Å². The molecule has 2 aliphatic heterocycles. The molecule has 0 saturated carbocycles. The molecule has 3 aromatic carbocycles. The fourth-order valence-corrected chi connectivity index (χ4v) is 6.22. The van der Waals surface area contributed by atoms with Gasteiger partial charge in [0, 0.05) is 67.7 Å². The maximum Gasteiger partial charge on any atom is 0.250 e. The zero-order valence-corrected chi connectivity index (χ0v) is 23.7. The summed E-state index contributed by atoms with van der Waals surface area (Å²) in [6.07, 6.45) is 3.12. The standard InChI is InChI=1S/C32H37N5O2S/c1-2-12-36(18-23-8-6-22(17-33)7-9-23)32(39)28-13-27-11-10-26(15-30(27)35-31(34)16-28)25-4-3-5-29(14-25)40-37-19-24(20-37)21-38/h3-11,13-15,24,38H,2,12,16-21,33H2,1H3,(H2,34,35). The smallest absolute Gasteiger partial charge is 0.250 e. The van der Waals surface area contributed by atoms with Crippen molar-refractivity contribution in [2.75, 3.05) is 26.2 Å². The average molecular weight is 556 g/mol. The van der Waals surface area contributed by atoms with E-state index in [9.17, 15) is 9.90 Å². The third-order valence-electron chi connectivity index (χ3n) is 7.27. The van der Waals surface area contributed by atoms with E-state index in [0.29, 0.717) is 43.4 Å². The lowest BCUT2D eigenvalue weighted by molar-refractivity contribution is -0.127. The van der Waals surface area contributed by atoms with Crippen molar-refractivity contribution in [3.8, 4) is 11.1 Å². The molecule has 0 aromatic heterocycles. The lowest BCUT2D eigenvalue weighted by Crippen LogP contribution is -2.43. The monoisotopic (exact) mass is 555 g/mol. The van der Waals surface area contributed by atoms with Crippen molar-refractivity contribution in [1.29, 1.82) is 0 Å². The quantitative estimate of drug-likeness (QED) is 0.305. The summed E-state index contributed by atoms with van der Waals surface area (Å²) in [6, 6.07) is 22.7. The largest absolute Gasteiger partial charge is 0.396 e. The molecule has 2 aliphatic rings. The minimum atomic E-state index is -0.0148. The van der Waals surface area contributed by atoms with E-state index in [1.807, 2.05) is 47.4 Å². The van der Waals surface area contributed by atoms with Crippen LogP contribution in [0.25, 0.3) is 17.2 Å². The molecule has 0 aliphatic carbocycles. The molecule has 5 N–H and O–H groups in total. The summed E-state index contributed by atoms with van der Waals surface area (Å²) in [5.74, 6) is 0.795. The zero-order chi connectivity index (χ0) is 28.1. The Morgan fingerprint density at radius 1 is 1.07 bits per heavy atom. The Hall–Kier alpha value is -3.43. The predicted octanol–water partition coefficient (Wildman–Crippen LogP) is 4.96. The first kappa shape index (κ1) is 28.1. The topological polar surface area (TPSA) is 108 Å². The van der Waals surface area contributed by atoms with E-state index in [0.717, 1.165) is 57.9 Å². The molecule has 40 heavy (non-hydrogen) atoms. The number of rotatable bonds is 10. The number of carbonyl (C=O) groups excluding carboxylic acids is 1. The SMILES string of the molecule is CCCN(Cc1ccc(CN)cc1)C(=O)C1=Cc2ccc(-c3cccc(SN4CC(CO)C4)c3)cc2N=C(N)C1. The Kier molecular flexibility index (Phi) is 9.01. The molecule has 3 aromatic rings. The second-order valence-electron chi connectivity index (χ2n) is 10.5. The summed E-state index contributed by atoms with van der Waals surface area (Å²) in [7, 11) is 0. The highest BCUT2D eigenvalue weighted by Gasteiger charge is 2.27. The van der Waals surface area contributed by atoms with Crippen LogP contribution in [-0.2, 0) is 17.9 Å². The molecule has 1 saturated heterocycles. The maximum atomic E-state index is 13.7. The van der Waals surface area contributed by atoms with Crippen LogP contribution in [0.15, 0.2) is 82.2 Å². The average Bonchev–Trinajstić information content (AvgIpc) is 3.12. The van der Waals surface area contributed by atoms with E-state index < -0.39 is 0 Å². The molecule has 1 amide bonds. The number of carbonyl (C=O) groups is 1. The second kappa shape index (κ2) is 12.8. The van der Waals surface area contributed by atoms with Crippen LogP contribution in [0.5, 0.6) is 0 Å². The van der Waals surface area contributed by atoms with Crippen molar-refractivity contribution >= 4 is 35.5 Å². The number of aliphatic hydroxyl groups is 1. The number of hydrogen-bond acceptors (Lipinski definition) is 7. The van der Waals surface area contributed by atoms with E-state index in [4.69, 9.17) is 16.5 Å². The van der Waals surface area contributed by atoms with E-state index in [1.165, 1.54) is 0 Å². The summed E-state index contributed by atoms with van der Waals surface area (Å²) < 4.78 is 2.27. The minimum Gasteiger partial charge on any atom is -0.396 e. The van der Waals surface area contributed by atoms with Crippen LogP contribution in [0, 0.1) is 5.92 Å². The van der Waals surface area contributed by atoms with Crippen molar-refractivity contribution in [1.82, 2.24) is 9.21 Å². The third kappa shape index (κ3) is 6.64. The molecule has 2 heterocycles. The van der Waals surface area contributed by atoms with Gasteiger partial charge in [0.05, 0.1) is 5.69 Å². The van der Waals surface area contributed by atoms with Gasteiger partial charge in [-0.3, -0.25) is 4.79 Å². The Bertz CT molecular complexity index is 1410. The maximum absolute atomic E-state index is 13.7. The van der Waals surface area contributed by atoms with E-state index in [-0.39, 0.29) is 12.5 Å². The summed E-state index contributed by atoms with van der Waals surface area (Å²) in [4.78, 5) is 21.5. The lowest BCUT2D eigenvalue weighted by atomic mass is 10.0. The van der Waals surface area contributed by atoms with Crippen molar-refractivity contribution < 1.29 is 9.90 Å². The Morgan fingerprint density at radius 3 is 2.55 bits per heavy atom. The third-order valence-corrected chi connectivity index (χ3v) is 8.29. The highest BCUT2D eigenvalue weighted by molar-refractivity contribution is 7.97. The number of amidine groups is 1. The summed E-state index contributed by atoms with van der Waals surface area (Å²) in [5, 5.41) is 9.29. The Balaban J connectivity index is 1.36. The summed E-state index contributed by atoms with van der Waals surface area (Å²) >= 11 is 1.72. The Morgan fingerprint density at radius 2 is 1.82 bits per heavy atom. The normalized spacial score (nSPS) is 15.5. The van der Waals surface area contributed by atoms with Crippen LogP contribution < -0.4 is 11.5 Å². The van der Waals surface area contributed by atoms with Crippen molar-refractivity contribution in [2.24, 2.45) is 22.4 Å². The predicted molar refractivity (Wildman–Crippen MR) is 164 cm³/mol. The number of aliphatic imine (C=N–C) groups is 1. The summed E-state index contributed by atoms with van der Waals surface area (Å²) in [6.45, 7) is 5.82. The fourth-order valence-electron chi connectivity index (χ4n) is 5.03. The molecular weight excluding hydrogens is 518 g/mol. The number of benzene rings is 3. The molecule has 7 nitrogen and oxygen atoms in total. The molecule has 0 spiro atoms. The number of aliphatic hydroxyl groups excluding tert-OH is 1. The van der Waals surface area contributed by atoms with Crippen LogP contribution in [-0.4, -0.2) is 52.3 Å². The van der Waals surface area contributed by atoms with Crippen LogP contribution in [0.3, 0.4) is 0 Å². The first-order valence-electron chi connectivity index (χ1n) is 13.8. The minimum absolute atomic E-state index is 0.0148. The van der Waals surface area contributed by atoms with E-state index in [1.54, 1.807) is 11.9 Å². The van der Waals surface area contributed by atoms with Gasteiger partial charge in [-0.2, -0.15) is 0 Å². The Labute approximate surface area is 240 Å². The van der Waals surface area contributed by atoms with Gasteiger partial charge in [0.15, 0.2) is 0 Å². The number of amides is 1. The van der Waals surface area contributed by atoms with E-state index in [2.05, 4.69) is 41.6 Å². The van der Waals surface area contributed by atoms with Gasteiger partial charge in [0.1, 0.15) is 5.84 Å². The van der Waals surface area contributed by atoms with E-state index >= 15 is 0 Å². The molecule has 5 rings (SSSR count). The number of nitrogens with two attached hydrogens (primary N) is 2. The number of fused-ring (bicyclic) bond motifs is 1. The van der Waals surface area contributed by atoms with Crippen LogP contribution in [0.2, 0.25) is 0 Å². The second-order valence-corrected chi connectivity index (χ2v) is 11.7. The molecule has 0 radical (unpaired) electrons. The van der Waals surface area contributed by atoms with Gasteiger partial charge in [-0.25, -0.2) is 9.30 Å². The van der Waals surface area contributed by atoms with Gasteiger partial charge >= 0.3 is 0 Å². The molecule has 0 atom stereocenters. The van der Waals surface area contributed by atoms with Crippen molar-refractivity contribution in [2.45, 2.75) is 37.8 Å². The lowest BCUT2D eigenvalue weighted by Gasteiger charge is -2.36. The van der Waals surface area contributed by atoms with Gasteiger partial charge < -0.3 is 21.5 Å².